The molecule has 2 heterocycles. The number of thiazole rings is 1. The Kier molecular flexibility index (Phi) is 2.33. The molecule has 2 aromatic carbocycles. The van der Waals surface area contributed by atoms with Crippen LogP contribution in [0.2, 0.25) is 9.49 Å². The molecule has 0 saturated heterocycles. The minimum absolute atomic E-state index is 0.559. The van der Waals surface area contributed by atoms with Crippen molar-refractivity contribution in [1.82, 2.24) is 4.98 Å². The van der Waals surface area contributed by atoms with Crippen molar-refractivity contribution in [2.75, 3.05) is 0 Å². The normalized spacial score (nSPS) is 11.9. The van der Waals surface area contributed by atoms with Crippen LogP contribution in [-0.2, 0) is 0 Å². The summed E-state index contributed by atoms with van der Waals surface area (Å²) in [7, 11) is 0. The Morgan fingerprint density at radius 2 is 1.83 bits per heavy atom. The lowest BCUT2D eigenvalue weighted by molar-refractivity contribution is 1.50. The van der Waals surface area contributed by atoms with Crippen molar-refractivity contribution in [1.29, 1.82) is 0 Å². The monoisotopic (exact) mass is 309 g/mol. The van der Waals surface area contributed by atoms with Crippen LogP contribution in [0, 0.1) is 0 Å². The van der Waals surface area contributed by atoms with Gasteiger partial charge >= 0.3 is 0 Å². The second kappa shape index (κ2) is 3.81. The van der Waals surface area contributed by atoms with Gasteiger partial charge in [-0.15, -0.1) is 22.7 Å². The van der Waals surface area contributed by atoms with Crippen molar-refractivity contribution in [3.05, 3.63) is 39.8 Å². The molecule has 0 atom stereocenters. The molecule has 0 radical (unpaired) electrons. The van der Waals surface area contributed by atoms with Crippen molar-refractivity contribution in [3.63, 3.8) is 0 Å². The Hall–Kier alpha value is -0.870. The van der Waals surface area contributed by atoms with E-state index >= 15 is 0 Å². The van der Waals surface area contributed by atoms with E-state index < -0.39 is 0 Å². The van der Waals surface area contributed by atoms with Gasteiger partial charge < -0.3 is 0 Å². The van der Waals surface area contributed by atoms with Crippen molar-refractivity contribution in [3.8, 4) is 0 Å². The second-order valence-corrected chi connectivity index (χ2v) is 7.02. The smallest absolute Gasteiger partial charge is 0.184 e. The summed E-state index contributed by atoms with van der Waals surface area (Å²) in [6, 6.07) is 10.2. The topological polar surface area (TPSA) is 12.9 Å². The van der Waals surface area contributed by atoms with Gasteiger partial charge in [-0.25, -0.2) is 4.98 Å². The number of hydrogen-bond acceptors (Lipinski definition) is 3. The highest BCUT2D eigenvalue weighted by atomic mass is 35.5. The summed E-state index contributed by atoms with van der Waals surface area (Å²) >= 11 is 15.6. The fraction of sp³-hybridized carbons (Fsp3) is 0. The Labute approximate surface area is 121 Å². The van der Waals surface area contributed by atoms with Gasteiger partial charge in [0.2, 0.25) is 0 Å². The Balaban J connectivity index is 2.40. The number of benzene rings is 2. The maximum absolute atomic E-state index is 6.35. The molecule has 4 rings (SSSR count). The lowest BCUT2D eigenvalue weighted by Crippen LogP contribution is -1.71. The first kappa shape index (κ1) is 11.0. The molecule has 1 nitrogen and oxygen atoms in total. The summed E-state index contributed by atoms with van der Waals surface area (Å²) in [4.78, 5) is 4.31. The zero-order chi connectivity index (χ0) is 12.3. The molecule has 0 bridgehead atoms. The molecule has 4 aromatic rings. The predicted molar refractivity (Wildman–Crippen MR) is 82.5 cm³/mol. The largest absolute Gasteiger partial charge is 0.225 e. The van der Waals surface area contributed by atoms with E-state index in [0.29, 0.717) is 4.47 Å². The number of thiophene rings is 1. The number of aromatic nitrogens is 1. The molecule has 0 saturated carbocycles. The number of nitrogens with zero attached hydrogens (tertiary/aromatic N) is 1. The maximum Gasteiger partial charge on any atom is 0.184 e. The lowest BCUT2D eigenvalue weighted by Gasteiger charge is -1.95. The standard InChI is InChI=1S/C13H5Cl2NS2/c14-7-5-8-12(18-13(15)16-8)10-6-3-1-2-4-9(6)17-11(7)10/h1-5H. The quantitative estimate of drug-likeness (QED) is 0.390. The number of fused-ring (bicyclic) bond motifs is 5. The molecule has 18 heavy (non-hydrogen) atoms. The van der Waals surface area contributed by atoms with Crippen molar-refractivity contribution < 1.29 is 0 Å². The van der Waals surface area contributed by atoms with E-state index in [1.807, 2.05) is 18.2 Å². The highest BCUT2D eigenvalue weighted by Gasteiger charge is 2.14. The van der Waals surface area contributed by atoms with Crippen LogP contribution in [0.3, 0.4) is 0 Å². The number of halogens is 2. The van der Waals surface area contributed by atoms with E-state index in [0.717, 1.165) is 19.9 Å². The first-order valence-corrected chi connectivity index (χ1v) is 7.69. The van der Waals surface area contributed by atoms with E-state index in [9.17, 15) is 0 Å². The van der Waals surface area contributed by atoms with E-state index in [-0.39, 0.29) is 0 Å². The van der Waals surface area contributed by atoms with Crippen molar-refractivity contribution in [2.45, 2.75) is 0 Å². The molecule has 0 spiro atoms. The summed E-state index contributed by atoms with van der Waals surface area (Å²) in [5, 5.41) is 3.16. The summed E-state index contributed by atoms with van der Waals surface area (Å²) in [6.07, 6.45) is 0. The van der Waals surface area contributed by atoms with Gasteiger partial charge in [0.1, 0.15) is 0 Å². The Bertz CT molecular complexity index is 907. The van der Waals surface area contributed by atoms with E-state index in [1.165, 1.54) is 26.8 Å². The second-order valence-electron chi connectivity index (χ2n) is 3.98. The highest BCUT2D eigenvalue weighted by Crippen LogP contribution is 2.44. The summed E-state index contributed by atoms with van der Waals surface area (Å²) in [5.74, 6) is 0. The van der Waals surface area contributed by atoms with Crippen LogP contribution in [0.15, 0.2) is 30.3 Å². The third kappa shape index (κ3) is 1.42. The average Bonchev–Trinajstić information content (AvgIpc) is 2.89. The fourth-order valence-electron chi connectivity index (χ4n) is 2.21. The van der Waals surface area contributed by atoms with Crippen LogP contribution in [-0.4, -0.2) is 4.98 Å². The molecule has 0 aliphatic rings. The van der Waals surface area contributed by atoms with Gasteiger partial charge in [-0.3, -0.25) is 0 Å². The molecule has 88 valence electrons. The zero-order valence-electron chi connectivity index (χ0n) is 8.91. The molecule has 0 fully saturated rings. The fourth-order valence-corrected chi connectivity index (χ4v) is 4.86. The minimum atomic E-state index is 0.559. The Morgan fingerprint density at radius 1 is 1.00 bits per heavy atom. The van der Waals surface area contributed by atoms with Gasteiger partial charge in [0.15, 0.2) is 4.47 Å². The van der Waals surface area contributed by atoms with Crippen LogP contribution >= 0.6 is 45.9 Å². The average molecular weight is 310 g/mol. The molecule has 0 unspecified atom stereocenters. The minimum Gasteiger partial charge on any atom is -0.225 e. The molecule has 2 aromatic heterocycles. The SMILES string of the molecule is Clc1nc2cc(Cl)c3sc4ccccc4c3c2s1. The maximum atomic E-state index is 6.35. The first-order chi connectivity index (χ1) is 8.74. The lowest BCUT2D eigenvalue weighted by atomic mass is 10.1. The molecule has 0 N–H and O–H groups in total. The van der Waals surface area contributed by atoms with Gasteiger partial charge in [-0.05, 0) is 12.1 Å². The van der Waals surface area contributed by atoms with E-state index in [1.54, 1.807) is 11.3 Å². The molecule has 0 aliphatic carbocycles. The summed E-state index contributed by atoms with van der Waals surface area (Å²) < 4.78 is 4.04. The van der Waals surface area contributed by atoms with Gasteiger partial charge in [0, 0.05) is 15.5 Å². The molecular weight excluding hydrogens is 305 g/mol. The molecule has 0 amide bonds. The van der Waals surface area contributed by atoms with Crippen molar-refractivity contribution in [2.24, 2.45) is 0 Å². The summed E-state index contributed by atoms with van der Waals surface area (Å²) in [5.41, 5.74) is 0.881. The van der Waals surface area contributed by atoms with E-state index in [4.69, 9.17) is 23.2 Å². The van der Waals surface area contributed by atoms with Crippen LogP contribution in [0.1, 0.15) is 0 Å². The van der Waals surface area contributed by atoms with Gasteiger partial charge in [0.25, 0.3) is 0 Å². The Morgan fingerprint density at radius 3 is 2.72 bits per heavy atom. The molecular formula is C13H5Cl2NS2. The summed E-state index contributed by atoms with van der Waals surface area (Å²) in [6.45, 7) is 0. The third-order valence-corrected chi connectivity index (χ3v) is 5.74. The van der Waals surface area contributed by atoms with Crippen LogP contribution in [0.5, 0.6) is 0 Å². The predicted octanol–water partition coefficient (Wildman–Crippen LogP) is 5.97. The zero-order valence-corrected chi connectivity index (χ0v) is 12.1. The molecule has 0 aliphatic heterocycles. The van der Waals surface area contributed by atoms with E-state index in [2.05, 4.69) is 17.1 Å². The van der Waals surface area contributed by atoms with Crippen molar-refractivity contribution >= 4 is 76.3 Å². The van der Waals surface area contributed by atoms with Gasteiger partial charge in [-0.2, -0.15) is 0 Å². The van der Waals surface area contributed by atoms with Crippen LogP contribution < -0.4 is 0 Å². The molecule has 5 heteroatoms. The van der Waals surface area contributed by atoms with Crippen LogP contribution in [0.4, 0.5) is 0 Å². The highest BCUT2D eigenvalue weighted by molar-refractivity contribution is 7.28. The number of hydrogen-bond donors (Lipinski definition) is 0. The van der Waals surface area contributed by atoms with Gasteiger partial charge in [0.05, 0.1) is 19.9 Å². The third-order valence-electron chi connectivity index (χ3n) is 2.93. The van der Waals surface area contributed by atoms with Crippen LogP contribution in [0.25, 0.3) is 30.4 Å². The number of rotatable bonds is 0. The first-order valence-electron chi connectivity index (χ1n) is 5.30. The van der Waals surface area contributed by atoms with Gasteiger partial charge in [-0.1, -0.05) is 41.4 Å².